The number of aryl methyl sites for hydroxylation is 2. The van der Waals surface area contributed by atoms with Crippen LogP contribution in [-0.4, -0.2) is 56.9 Å². The van der Waals surface area contributed by atoms with Crippen molar-refractivity contribution >= 4 is 0 Å². The van der Waals surface area contributed by atoms with Gasteiger partial charge in [-0.15, -0.1) is 0 Å². The molecule has 0 aliphatic carbocycles. The van der Waals surface area contributed by atoms with E-state index in [1.165, 1.54) is 0 Å². The van der Waals surface area contributed by atoms with Crippen LogP contribution in [0, 0.1) is 6.92 Å². The Morgan fingerprint density at radius 1 is 0.960 bits per heavy atom. The first-order valence-corrected chi connectivity index (χ1v) is 8.66. The first-order chi connectivity index (χ1) is 12.0. The van der Waals surface area contributed by atoms with Gasteiger partial charge in [0.25, 0.3) is 11.1 Å². The lowest BCUT2D eigenvalue weighted by Gasteiger charge is -2.34. The molecule has 1 aliphatic heterocycles. The number of rotatable bonds is 5. The third-order valence-electron chi connectivity index (χ3n) is 4.67. The number of aromatic nitrogens is 3. The van der Waals surface area contributed by atoms with E-state index < -0.39 is 0 Å². The number of nitrogens with zero attached hydrogens (tertiary/aromatic N) is 5. The monoisotopic (exact) mass is 343 g/mol. The SMILES string of the molecule is Cc1ccc(=O)n(CCN2CCN(Cc3ccn(C)c(=O)c3)CC2)n1. The molecule has 0 N–H and O–H groups in total. The van der Waals surface area contributed by atoms with E-state index in [4.69, 9.17) is 0 Å². The van der Waals surface area contributed by atoms with E-state index in [9.17, 15) is 9.59 Å². The summed E-state index contributed by atoms with van der Waals surface area (Å²) in [5.74, 6) is 0. The highest BCUT2D eigenvalue weighted by molar-refractivity contribution is 5.10. The third kappa shape index (κ3) is 4.64. The first kappa shape index (κ1) is 17.6. The molecule has 0 atom stereocenters. The molecule has 2 aromatic heterocycles. The second kappa shape index (κ2) is 7.76. The Hall–Kier alpha value is -2.25. The van der Waals surface area contributed by atoms with E-state index in [1.54, 1.807) is 34.5 Å². The number of pyridine rings is 1. The van der Waals surface area contributed by atoms with E-state index >= 15 is 0 Å². The summed E-state index contributed by atoms with van der Waals surface area (Å²) in [4.78, 5) is 28.2. The first-order valence-electron chi connectivity index (χ1n) is 8.66. The van der Waals surface area contributed by atoms with Crippen molar-refractivity contribution in [3.8, 4) is 0 Å². The molecule has 0 unspecified atom stereocenters. The molecule has 134 valence electrons. The Labute approximate surface area is 147 Å². The Morgan fingerprint density at radius 3 is 2.40 bits per heavy atom. The summed E-state index contributed by atoms with van der Waals surface area (Å²) < 4.78 is 3.13. The molecule has 1 saturated heterocycles. The van der Waals surface area contributed by atoms with Gasteiger partial charge >= 0.3 is 0 Å². The molecule has 3 rings (SSSR count). The minimum Gasteiger partial charge on any atom is -0.319 e. The van der Waals surface area contributed by atoms with Gasteiger partial charge in [-0.2, -0.15) is 5.10 Å². The van der Waals surface area contributed by atoms with E-state index in [0.29, 0.717) is 6.54 Å². The van der Waals surface area contributed by atoms with Gasteiger partial charge in [0.15, 0.2) is 0 Å². The highest BCUT2D eigenvalue weighted by Crippen LogP contribution is 2.07. The zero-order valence-electron chi connectivity index (χ0n) is 14.9. The van der Waals surface area contributed by atoms with Crippen molar-refractivity contribution in [2.75, 3.05) is 32.7 Å². The van der Waals surface area contributed by atoms with Crippen molar-refractivity contribution in [2.24, 2.45) is 7.05 Å². The lowest BCUT2D eigenvalue weighted by atomic mass is 10.2. The van der Waals surface area contributed by atoms with Gasteiger partial charge in [-0.25, -0.2) is 4.68 Å². The quantitative estimate of drug-likeness (QED) is 0.769. The molecule has 0 bridgehead atoms. The molecule has 7 heteroatoms. The van der Waals surface area contributed by atoms with Crippen LogP contribution >= 0.6 is 0 Å². The fourth-order valence-electron chi connectivity index (χ4n) is 3.06. The average molecular weight is 343 g/mol. The predicted octanol–water partition coefficient (Wildman–Crippen LogP) is 0.0682. The van der Waals surface area contributed by atoms with Crippen LogP contribution in [0.25, 0.3) is 0 Å². The van der Waals surface area contributed by atoms with Gasteiger partial charge in [-0.1, -0.05) is 0 Å². The lowest BCUT2D eigenvalue weighted by molar-refractivity contribution is 0.122. The van der Waals surface area contributed by atoms with Gasteiger partial charge < -0.3 is 4.57 Å². The van der Waals surface area contributed by atoms with Crippen molar-refractivity contribution in [1.29, 1.82) is 0 Å². The average Bonchev–Trinajstić information content (AvgIpc) is 2.60. The van der Waals surface area contributed by atoms with E-state index in [2.05, 4.69) is 14.9 Å². The lowest BCUT2D eigenvalue weighted by Crippen LogP contribution is -2.47. The van der Waals surface area contributed by atoms with Gasteiger partial charge in [0, 0.05) is 64.6 Å². The molecule has 1 aliphatic rings. The van der Waals surface area contributed by atoms with Crippen molar-refractivity contribution < 1.29 is 0 Å². The summed E-state index contributed by atoms with van der Waals surface area (Å²) in [6.07, 6.45) is 1.82. The van der Waals surface area contributed by atoms with Crippen LogP contribution in [0.2, 0.25) is 0 Å². The molecule has 3 heterocycles. The summed E-state index contributed by atoms with van der Waals surface area (Å²) in [5, 5.41) is 4.28. The molecule has 1 fully saturated rings. The predicted molar refractivity (Wildman–Crippen MR) is 96.6 cm³/mol. The normalized spacial score (nSPS) is 16.2. The summed E-state index contributed by atoms with van der Waals surface area (Å²) in [5.41, 5.74) is 1.91. The van der Waals surface area contributed by atoms with Crippen molar-refractivity contribution in [2.45, 2.75) is 20.0 Å². The Balaban J connectivity index is 1.48. The zero-order chi connectivity index (χ0) is 17.8. The van der Waals surface area contributed by atoms with Crippen LogP contribution in [0.1, 0.15) is 11.3 Å². The number of piperazine rings is 1. The van der Waals surface area contributed by atoms with Crippen LogP contribution < -0.4 is 11.1 Å². The highest BCUT2D eigenvalue weighted by atomic mass is 16.1. The molecule has 0 amide bonds. The van der Waals surface area contributed by atoms with Gasteiger partial charge in [0.1, 0.15) is 0 Å². The minimum absolute atomic E-state index is 0.0345. The van der Waals surface area contributed by atoms with Crippen LogP contribution in [0.3, 0.4) is 0 Å². The molecule has 25 heavy (non-hydrogen) atoms. The van der Waals surface area contributed by atoms with Crippen LogP contribution in [0.5, 0.6) is 0 Å². The molecule has 0 aromatic carbocycles. The number of hydrogen-bond donors (Lipinski definition) is 0. The summed E-state index contributed by atoms with van der Waals surface area (Å²) in [6.45, 7) is 8.01. The Bertz CT molecular complexity index is 834. The maximum atomic E-state index is 11.8. The smallest absolute Gasteiger partial charge is 0.266 e. The highest BCUT2D eigenvalue weighted by Gasteiger charge is 2.17. The van der Waals surface area contributed by atoms with E-state index in [-0.39, 0.29) is 11.1 Å². The largest absolute Gasteiger partial charge is 0.319 e. The topological polar surface area (TPSA) is 63.4 Å². The number of hydrogen-bond acceptors (Lipinski definition) is 5. The van der Waals surface area contributed by atoms with Gasteiger partial charge in [0.05, 0.1) is 12.2 Å². The van der Waals surface area contributed by atoms with Crippen LogP contribution in [0.15, 0.2) is 40.1 Å². The van der Waals surface area contributed by atoms with E-state index in [1.807, 2.05) is 19.2 Å². The molecule has 0 radical (unpaired) electrons. The molecule has 0 saturated carbocycles. The molecule has 7 nitrogen and oxygen atoms in total. The minimum atomic E-state index is -0.0464. The summed E-state index contributed by atoms with van der Waals surface area (Å²) >= 11 is 0. The fourth-order valence-corrected chi connectivity index (χ4v) is 3.06. The second-order valence-electron chi connectivity index (χ2n) is 6.64. The third-order valence-corrected chi connectivity index (χ3v) is 4.67. The Morgan fingerprint density at radius 2 is 1.68 bits per heavy atom. The van der Waals surface area contributed by atoms with Gasteiger partial charge in [-0.05, 0) is 24.6 Å². The van der Waals surface area contributed by atoms with Crippen molar-refractivity contribution in [1.82, 2.24) is 24.1 Å². The maximum absolute atomic E-state index is 11.8. The molecular formula is C18H25N5O2. The van der Waals surface area contributed by atoms with Crippen LogP contribution in [-0.2, 0) is 20.1 Å². The summed E-state index contributed by atoms with van der Waals surface area (Å²) in [6, 6.07) is 7.03. The second-order valence-corrected chi connectivity index (χ2v) is 6.64. The van der Waals surface area contributed by atoms with Crippen molar-refractivity contribution in [3.63, 3.8) is 0 Å². The summed E-state index contributed by atoms with van der Waals surface area (Å²) in [7, 11) is 1.76. The van der Waals surface area contributed by atoms with E-state index in [0.717, 1.165) is 50.5 Å². The maximum Gasteiger partial charge on any atom is 0.266 e. The molecule has 2 aromatic rings. The molecular weight excluding hydrogens is 318 g/mol. The van der Waals surface area contributed by atoms with Crippen molar-refractivity contribution in [3.05, 3.63) is 62.4 Å². The van der Waals surface area contributed by atoms with Gasteiger partial charge in [-0.3, -0.25) is 19.4 Å². The molecule has 0 spiro atoms. The van der Waals surface area contributed by atoms with Crippen LogP contribution in [0.4, 0.5) is 0 Å². The van der Waals surface area contributed by atoms with Gasteiger partial charge in [0.2, 0.25) is 0 Å². The fraction of sp³-hybridized carbons (Fsp3) is 0.500. The standard InChI is InChI=1S/C18H25N5O2/c1-15-3-4-17(24)23(19-15)12-11-21-7-9-22(10-8-21)14-16-5-6-20(2)18(25)13-16/h3-6,13H,7-12,14H2,1-2H3. The zero-order valence-corrected chi connectivity index (χ0v) is 14.9. The Kier molecular flexibility index (Phi) is 5.45.